The largest absolute Gasteiger partial charge is 0.466 e. The van der Waals surface area contributed by atoms with Gasteiger partial charge in [-0.3, -0.25) is 9.59 Å². The maximum atomic E-state index is 11.9. The van der Waals surface area contributed by atoms with E-state index in [9.17, 15) is 9.59 Å². The highest BCUT2D eigenvalue weighted by Crippen LogP contribution is 2.27. The van der Waals surface area contributed by atoms with Gasteiger partial charge < -0.3 is 9.64 Å². The average molecular weight is 225 g/mol. The van der Waals surface area contributed by atoms with Crippen LogP contribution in [0.3, 0.4) is 0 Å². The molecule has 0 bridgehead atoms. The first kappa shape index (κ1) is 12.7. The number of nitrogens with zero attached hydrogens (tertiary/aromatic N) is 1. The van der Waals surface area contributed by atoms with Gasteiger partial charge in [-0.25, -0.2) is 0 Å². The second kappa shape index (κ2) is 5.68. The molecule has 1 aliphatic rings. The summed E-state index contributed by atoms with van der Waals surface area (Å²) in [7, 11) is 0. The number of amides is 1. The van der Waals surface area contributed by atoms with E-state index in [1.54, 1.807) is 17.9 Å². The van der Waals surface area contributed by atoms with E-state index in [2.05, 4.69) is 6.58 Å². The van der Waals surface area contributed by atoms with E-state index < -0.39 is 0 Å². The predicted molar refractivity (Wildman–Crippen MR) is 60.7 cm³/mol. The van der Waals surface area contributed by atoms with Crippen LogP contribution in [-0.4, -0.2) is 36.5 Å². The molecule has 1 saturated heterocycles. The van der Waals surface area contributed by atoms with Crippen LogP contribution in [0.1, 0.15) is 20.3 Å². The molecule has 0 aromatic carbocycles. The Labute approximate surface area is 96.3 Å². The van der Waals surface area contributed by atoms with Crippen LogP contribution >= 0.6 is 0 Å². The Bertz CT molecular complexity index is 288. The first-order chi connectivity index (χ1) is 7.60. The van der Waals surface area contributed by atoms with Crippen LogP contribution in [0.25, 0.3) is 0 Å². The lowest BCUT2D eigenvalue weighted by molar-refractivity contribution is -0.147. The molecule has 0 unspecified atom stereocenters. The first-order valence-electron chi connectivity index (χ1n) is 5.65. The van der Waals surface area contributed by atoms with Crippen molar-refractivity contribution in [1.29, 1.82) is 0 Å². The molecule has 0 spiro atoms. The van der Waals surface area contributed by atoms with Crippen LogP contribution in [0.2, 0.25) is 0 Å². The second-order valence-electron chi connectivity index (χ2n) is 4.12. The molecule has 2 atom stereocenters. The number of hydrogen-bond acceptors (Lipinski definition) is 3. The summed E-state index contributed by atoms with van der Waals surface area (Å²) in [5.74, 6) is -0.260. The zero-order chi connectivity index (χ0) is 12.1. The van der Waals surface area contributed by atoms with Crippen molar-refractivity contribution in [2.45, 2.75) is 20.3 Å². The van der Waals surface area contributed by atoms with Gasteiger partial charge in [-0.15, -0.1) is 6.58 Å². The highest BCUT2D eigenvalue weighted by molar-refractivity contribution is 5.85. The fourth-order valence-corrected chi connectivity index (χ4v) is 2.05. The zero-order valence-electron chi connectivity index (χ0n) is 9.94. The molecule has 1 rings (SSSR count). The summed E-state index contributed by atoms with van der Waals surface area (Å²) in [4.78, 5) is 25.0. The Morgan fingerprint density at radius 3 is 2.94 bits per heavy atom. The highest BCUT2D eigenvalue weighted by atomic mass is 16.5. The van der Waals surface area contributed by atoms with Gasteiger partial charge in [0.15, 0.2) is 0 Å². The van der Waals surface area contributed by atoms with E-state index >= 15 is 0 Å². The Hall–Kier alpha value is -1.32. The van der Waals surface area contributed by atoms with Gasteiger partial charge in [0.2, 0.25) is 5.91 Å². The number of ether oxygens (including phenoxy) is 1. The van der Waals surface area contributed by atoms with Crippen LogP contribution in [-0.2, 0) is 14.3 Å². The monoisotopic (exact) mass is 225 g/mol. The zero-order valence-corrected chi connectivity index (χ0v) is 9.94. The van der Waals surface area contributed by atoms with E-state index in [0.29, 0.717) is 19.7 Å². The molecule has 1 amide bonds. The van der Waals surface area contributed by atoms with E-state index in [4.69, 9.17) is 4.74 Å². The van der Waals surface area contributed by atoms with Crippen molar-refractivity contribution >= 4 is 11.9 Å². The van der Waals surface area contributed by atoms with Crippen molar-refractivity contribution < 1.29 is 14.3 Å². The first-order valence-corrected chi connectivity index (χ1v) is 5.65. The fourth-order valence-electron chi connectivity index (χ4n) is 2.05. The molecule has 0 saturated carbocycles. The summed E-state index contributed by atoms with van der Waals surface area (Å²) in [6.45, 7) is 9.00. The number of esters is 1. The van der Waals surface area contributed by atoms with Crippen LogP contribution in [0.4, 0.5) is 0 Å². The molecule has 0 radical (unpaired) electrons. The molecular weight excluding hydrogens is 206 g/mol. The lowest BCUT2D eigenvalue weighted by atomic mass is 9.94. The van der Waals surface area contributed by atoms with E-state index in [-0.39, 0.29) is 30.1 Å². The van der Waals surface area contributed by atoms with E-state index in [1.165, 1.54) is 0 Å². The molecule has 1 aliphatic heterocycles. The third-order valence-corrected chi connectivity index (χ3v) is 2.87. The third-order valence-electron chi connectivity index (χ3n) is 2.87. The molecule has 1 heterocycles. The van der Waals surface area contributed by atoms with Gasteiger partial charge in [0.1, 0.15) is 0 Å². The molecular formula is C12H19NO3. The Morgan fingerprint density at radius 2 is 2.38 bits per heavy atom. The van der Waals surface area contributed by atoms with Gasteiger partial charge in [-0.2, -0.15) is 0 Å². The number of hydrogen-bond donors (Lipinski definition) is 0. The van der Waals surface area contributed by atoms with Gasteiger partial charge in [0, 0.05) is 13.1 Å². The third kappa shape index (κ3) is 2.84. The highest BCUT2D eigenvalue weighted by Gasteiger charge is 2.38. The minimum Gasteiger partial charge on any atom is -0.466 e. The SMILES string of the molecule is C=CCN1C[C@H](C)[C@@H](CC(=O)OCC)C1=O. The van der Waals surface area contributed by atoms with Crippen LogP contribution in [0, 0.1) is 11.8 Å². The maximum absolute atomic E-state index is 11.9. The van der Waals surface area contributed by atoms with Gasteiger partial charge in [-0.05, 0) is 12.8 Å². The van der Waals surface area contributed by atoms with Gasteiger partial charge in [0.05, 0.1) is 18.9 Å². The average Bonchev–Trinajstić information content (AvgIpc) is 2.47. The molecule has 16 heavy (non-hydrogen) atoms. The Balaban J connectivity index is 2.56. The van der Waals surface area contributed by atoms with Crippen molar-refractivity contribution in [2.75, 3.05) is 19.7 Å². The second-order valence-corrected chi connectivity index (χ2v) is 4.12. The van der Waals surface area contributed by atoms with Gasteiger partial charge in [-0.1, -0.05) is 13.0 Å². The predicted octanol–water partition coefficient (Wildman–Crippen LogP) is 1.22. The molecule has 0 aromatic heterocycles. The van der Waals surface area contributed by atoms with Gasteiger partial charge in [0.25, 0.3) is 0 Å². The van der Waals surface area contributed by atoms with Crippen LogP contribution < -0.4 is 0 Å². The van der Waals surface area contributed by atoms with Crippen molar-refractivity contribution in [2.24, 2.45) is 11.8 Å². The summed E-state index contributed by atoms with van der Waals surface area (Å²) >= 11 is 0. The topological polar surface area (TPSA) is 46.6 Å². The minimum absolute atomic E-state index is 0.0421. The molecule has 0 aromatic rings. The lowest BCUT2D eigenvalue weighted by Gasteiger charge is -2.13. The number of carbonyl (C=O) groups excluding carboxylic acids is 2. The smallest absolute Gasteiger partial charge is 0.306 e. The van der Waals surface area contributed by atoms with Gasteiger partial charge >= 0.3 is 5.97 Å². The van der Waals surface area contributed by atoms with E-state index in [0.717, 1.165) is 0 Å². The maximum Gasteiger partial charge on any atom is 0.306 e. The molecule has 4 nitrogen and oxygen atoms in total. The molecule has 90 valence electrons. The normalized spacial score (nSPS) is 24.6. The lowest BCUT2D eigenvalue weighted by Crippen LogP contribution is -2.28. The quantitative estimate of drug-likeness (QED) is 0.522. The van der Waals surface area contributed by atoms with Crippen molar-refractivity contribution in [3.05, 3.63) is 12.7 Å². The molecule has 4 heteroatoms. The standard InChI is InChI=1S/C12H19NO3/c1-4-6-13-8-9(3)10(12(13)15)7-11(14)16-5-2/h4,9-10H,1,5-8H2,2-3H3/t9-,10+/m0/s1. The molecule has 1 fully saturated rings. The van der Waals surface area contributed by atoms with Crippen LogP contribution in [0.15, 0.2) is 12.7 Å². The van der Waals surface area contributed by atoms with Crippen LogP contribution in [0.5, 0.6) is 0 Å². The summed E-state index contributed by atoms with van der Waals surface area (Å²) in [6, 6.07) is 0. The number of likely N-dealkylation sites (tertiary alicyclic amines) is 1. The van der Waals surface area contributed by atoms with E-state index in [1.807, 2.05) is 6.92 Å². The Morgan fingerprint density at radius 1 is 1.69 bits per heavy atom. The summed E-state index contributed by atoms with van der Waals surface area (Å²) in [5, 5.41) is 0. The number of carbonyl (C=O) groups is 2. The molecule has 0 aliphatic carbocycles. The summed E-state index contributed by atoms with van der Waals surface area (Å²) < 4.78 is 4.87. The van der Waals surface area contributed by atoms with Crippen molar-refractivity contribution in [1.82, 2.24) is 4.90 Å². The summed E-state index contributed by atoms with van der Waals surface area (Å²) in [5.41, 5.74) is 0. The minimum atomic E-state index is -0.284. The Kier molecular flexibility index (Phi) is 4.52. The number of rotatable bonds is 5. The molecule has 0 N–H and O–H groups in total. The summed E-state index contributed by atoms with van der Waals surface area (Å²) in [6.07, 6.45) is 1.90. The van der Waals surface area contributed by atoms with Crippen molar-refractivity contribution in [3.8, 4) is 0 Å². The van der Waals surface area contributed by atoms with Crippen molar-refractivity contribution in [3.63, 3.8) is 0 Å². The fraction of sp³-hybridized carbons (Fsp3) is 0.667.